The Bertz CT molecular complexity index is 483. The van der Waals surface area contributed by atoms with Gasteiger partial charge in [-0.05, 0) is 32.6 Å². The third-order valence-electron chi connectivity index (χ3n) is 7.23. The first kappa shape index (κ1) is 31.1. The highest BCUT2D eigenvalue weighted by atomic mass is 31.2. The molecule has 33 heavy (non-hydrogen) atoms. The molecule has 198 valence electrons. The normalized spacial score (nSPS) is 18.4. The Hall–Kier alpha value is 0.0700. The Morgan fingerprint density at radius 1 is 0.788 bits per heavy atom. The largest absolute Gasteiger partial charge is 0.472 e. The van der Waals surface area contributed by atoms with Gasteiger partial charge >= 0.3 is 7.82 Å². The summed E-state index contributed by atoms with van der Waals surface area (Å²) in [4.78, 5) is 12.4. The zero-order chi connectivity index (χ0) is 24.2. The summed E-state index contributed by atoms with van der Waals surface area (Å²) in [5.41, 5.74) is 0. The van der Waals surface area contributed by atoms with E-state index >= 15 is 0 Å². The highest BCUT2D eigenvalue weighted by molar-refractivity contribution is 7.47. The average molecular weight is 490 g/mol. The summed E-state index contributed by atoms with van der Waals surface area (Å²) in [6, 6.07) is 0.568. The molecule has 1 aliphatic heterocycles. The van der Waals surface area contributed by atoms with Gasteiger partial charge in [0.2, 0.25) is 0 Å². The smallest absolute Gasteiger partial charge is 0.302 e. The van der Waals surface area contributed by atoms with E-state index in [2.05, 4.69) is 25.7 Å². The van der Waals surface area contributed by atoms with Crippen LogP contribution < -0.4 is 0 Å². The summed E-state index contributed by atoms with van der Waals surface area (Å²) in [6.45, 7) is 8.88. The monoisotopic (exact) mass is 489 g/mol. The highest BCUT2D eigenvalue weighted by Gasteiger charge is 2.30. The number of hydrogen-bond donors (Lipinski definition) is 1. The van der Waals surface area contributed by atoms with Crippen LogP contribution in [0.2, 0.25) is 0 Å². The molecular weight excluding hydrogens is 433 g/mol. The lowest BCUT2D eigenvalue weighted by Gasteiger charge is -2.35. The van der Waals surface area contributed by atoms with Crippen molar-refractivity contribution in [2.24, 2.45) is 0 Å². The first-order chi connectivity index (χ1) is 16.0. The minimum atomic E-state index is -3.92. The Morgan fingerprint density at radius 2 is 1.21 bits per heavy atom. The van der Waals surface area contributed by atoms with Crippen molar-refractivity contribution in [3.63, 3.8) is 0 Å². The van der Waals surface area contributed by atoms with Crippen molar-refractivity contribution >= 4 is 7.82 Å². The van der Waals surface area contributed by atoms with Crippen LogP contribution in [0.25, 0.3) is 0 Å². The van der Waals surface area contributed by atoms with Gasteiger partial charge in [-0.25, -0.2) is 4.57 Å². The molecule has 0 bridgehead atoms. The van der Waals surface area contributed by atoms with Crippen molar-refractivity contribution in [3.05, 3.63) is 0 Å². The molecule has 0 radical (unpaired) electrons. The van der Waals surface area contributed by atoms with E-state index in [0.29, 0.717) is 12.6 Å². The summed E-state index contributed by atoms with van der Waals surface area (Å²) in [7, 11) is -3.92. The third-order valence-corrected chi connectivity index (χ3v) is 8.30. The highest BCUT2D eigenvalue weighted by Crippen LogP contribution is 2.46. The summed E-state index contributed by atoms with van der Waals surface area (Å²) < 4.78 is 22.9. The van der Waals surface area contributed by atoms with E-state index in [4.69, 9.17) is 9.05 Å². The summed E-state index contributed by atoms with van der Waals surface area (Å²) in [5, 5.41) is 0. The molecule has 2 atom stereocenters. The van der Waals surface area contributed by atoms with Gasteiger partial charge in [0.15, 0.2) is 0 Å². The predicted octanol–water partition coefficient (Wildman–Crippen LogP) is 8.64. The second-order valence-corrected chi connectivity index (χ2v) is 11.6. The zero-order valence-electron chi connectivity index (χ0n) is 22.3. The van der Waals surface area contributed by atoms with E-state index in [-0.39, 0.29) is 6.10 Å². The van der Waals surface area contributed by atoms with Crippen LogP contribution in [0.3, 0.4) is 0 Å². The molecule has 0 aromatic heterocycles. The van der Waals surface area contributed by atoms with E-state index in [1.165, 1.54) is 89.9 Å². The number of phosphoric acid groups is 1. The van der Waals surface area contributed by atoms with Crippen LogP contribution in [0.15, 0.2) is 0 Å². The van der Waals surface area contributed by atoms with Crippen molar-refractivity contribution in [1.29, 1.82) is 0 Å². The predicted molar refractivity (Wildman–Crippen MR) is 141 cm³/mol. The lowest BCUT2D eigenvalue weighted by molar-refractivity contribution is 0.0459. The van der Waals surface area contributed by atoms with E-state index in [9.17, 15) is 9.46 Å². The first-order valence-corrected chi connectivity index (χ1v) is 15.9. The van der Waals surface area contributed by atoms with Crippen molar-refractivity contribution in [3.8, 4) is 0 Å². The Balaban J connectivity index is 1.87. The van der Waals surface area contributed by atoms with Gasteiger partial charge < -0.3 is 9.79 Å². The second kappa shape index (κ2) is 20.3. The second-order valence-electron chi connectivity index (χ2n) is 10.2. The fraction of sp³-hybridized carbons (Fsp3) is 1.00. The molecule has 1 heterocycles. The topological polar surface area (TPSA) is 59.0 Å². The van der Waals surface area contributed by atoms with Gasteiger partial charge in [0.1, 0.15) is 0 Å². The molecule has 0 aromatic rings. The maximum Gasteiger partial charge on any atom is 0.472 e. The Labute approximate surface area is 206 Å². The number of hydrogen-bond acceptors (Lipinski definition) is 4. The number of phosphoric ester groups is 1. The molecule has 1 N–H and O–H groups in total. The number of likely N-dealkylation sites (tertiary alicyclic amines) is 1. The fourth-order valence-electron chi connectivity index (χ4n) is 4.73. The van der Waals surface area contributed by atoms with E-state index in [0.717, 1.165) is 45.2 Å². The van der Waals surface area contributed by atoms with Crippen LogP contribution in [0.1, 0.15) is 143 Å². The van der Waals surface area contributed by atoms with Crippen LogP contribution in [0.4, 0.5) is 0 Å². The van der Waals surface area contributed by atoms with Gasteiger partial charge in [0.25, 0.3) is 0 Å². The Morgan fingerprint density at radius 3 is 1.64 bits per heavy atom. The van der Waals surface area contributed by atoms with Gasteiger partial charge in [0.05, 0.1) is 12.7 Å². The van der Waals surface area contributed by atoms with Gasteiger partial charge in [-0.2, -0.15) is 0 Å². The maximum atomic E-state index is 12.2. The van der Waals surface area contributed by atoms with Crippen LogP contribution in [0.5, 0.6) is 0 Å². The zero-order valence-corrected chi connectivity index (χ0v) is 23.2. The molecule has 0 spiro atoms. The number of piperidine rings is 1. The number of nitrogens with zero attached hydrogens (tertiary/aromatic N) is 1. The van der Waals surface area contributed by atoms with E-state index < -0.39 is 7.82 Å². The lowest BCUT2D eigenvalue weighted by Crippen LogP contribution is -2.41. The molecule has 6 heteroatoms. The SMILES string of the molecule is CCCCCCCCCCCCCCCCCCOP(=O)(O)OC1CCN(C(C)CC)CC1. The van der Waals surface area contributed by atoms with Crippen molar-refractivity contribution < 1.29 is 18.5 Å². The molecule has 1 rings (SSSR count). The lowest BCUT2D eigenvalue weighted by atomic mass is 10.0. The molecule has 1 fully saturated rings. The maximum absolute atomic E-state index is 12.2. The van der Waals surface area contributed by atoms with Crippen molar-refractivity contribution in [2.45, 2.75) is 155 Å². The standard InChI is InChI=1S/C27H56NO4P/c1-4-6-7-8-9-10-11-12-13-14-15-16-17-18-19-20-25-31-33(29,30)32-27-21-23-28(24-22-27)26(3)5-2/h26-27H,4-25H2,1-3H3,(H,29,30). The summed E-state index contributed by atoms with van der Waals surface area (Å²) in [6.07, 6.45) is 23.6. The molecule has 0 saturated carbocycles. The van der Waals surface area contributed by atoms with Crippen molar-refractivity contribution in [1.82, 2.24) is 4.90 Å². The van der Waals surface area contributed by atoms with Crippen molar-refractivity contribution in [2.75, 3.05) is 19.7 Å². The summed E-state index contributed by atoms with van der Waals surface area (Å²) in [5.74, 6) is 0. The number of unbranched alkanes of at least 4 members (excludes halogenated alkanes) is 15. The summed E-state index contributed by atoms with van der Waals surface area (Å²) >= 11 is 0. The molecular formula is C27H56NO4P. The van der Waals surface area contributed by atoms with Gasteiger partial charge in [-0.3, -0.25) is 9.05 Å². The number of rotatable bonds is 22. The molecule has 0 aliphatic carbocycles. The van der Waals surface area contributed by atoms with E-state index in [1.807, 2.05) is 0 Å². The quantitative estimate of drug-likeness (QED) is 0.122. The third kappa shape index (κ3) is 17.2. The molecule has 2 unspecified atom stereocenters. The molecule has 0 aromatic carbocycles. The molecule has 5 nitrogen and oxygen atoms in total. The first-order valence-electron chi connectivity index (χ1n) is 14.4. The minimum Gasteiger partial charge on any atom is -0.302 e. The fourth-order valence-corrected chi connectivity index (χ4v) is 5.74. The Kier molecular flexibility index (Phi) is 19.1. The van der Waals surface area contributed by atoms with Gasteiger partial charge in [-0.1, -0.05) is 110 Å². The molecule has 1 saturated heterocycles. The van der Waals surface area contributed by atoms with Crippen LogP contribution in [-0.2, 0) is 13.6 Å². The van der Waals surface area contributed by atoms with Gasteiger partial charge in [0, 0.05) is 19.1 Å². The van der Waals surface area contributed by atoms with Crippen LogP contribution >= 0.6 is 7.82 Å². The van der Waals surface area contributed by atoms with E-state index in [1.54, 1.807) is 0 Å². The molecule has 0 amide bonds. The van der Waals surface area contributed by atoms with Crippen LogP contribution in [-0.4, -0.2) is 41.6 Å². The minimum absolute atomic E-state index is 0.160. The molecule has 1 aliphatic rings. The average Bonchev–Trinajstić information content (AvgIpc) is 2.80. The van der Waals surface area contributed by atoms with Gasteiger partial charge in [-0.15, -0.1) is 0 Å². The van der Waals surface area contributed by atoms with Crippen LogP contribution in [0, 0.1) is 0 Å².